The number of nitrogens with one attached hydrogen (secondary N) is 1. The lowest BCUT2D eigenvalue weighted by molar-refractivity contribution is -0.136. The minimum absolute atomic E-state index is 0.0297. The van der Waals surface area contributed by atoms with Crippen LogP contribution in [0.1, 0.15) is 41.6 Å². The van der Waals surface area contributed by atoms with E-state index < -0.39 is 27.7 Å². The molecule has 1 fully saturated rings. The van der Waals surface area contributed by atoms with Gasteiger partial charge in [-0.3, -0.25) is 4.79 Å². The molecule has 0 aliphatic carbocycles. The minimum Gasteiger partial charge on any atom is -0.321 e. The molecule has 0 atom stereocenters. The van der Waals surface area contributed by atoms with Crippen molar-refractivity contribution in [1.29, 1.82) is 0 Å². The Hall–Kier alpha value is -2.39. The van der Waals surface area contributed by atoms with Gasteiger partial charge in [0.05, 0.1) is 16.1 Å². The summed E-state index contributed by atoms with van der Waals surface area (Å²) in [6.45, 7) is 0.829. The summed E-state index contributed by atoms with van der Waals surface area (Å²) >= 11 is 0. The van der Waals surface area contributed by atoms with Crippen LogP contribution in [-0.2, 0) is 16.2 Å². The Labute approximate surface area is 167 Å². The van der Waals surface area contributed by atoms with Crippen molar-refractivity contribution in [3.63, 3.8) is 0 Å². The van der Waals surface area contributed by atoms with E-state index in [4.69, 9.17) is 0 Å². The maximum Gasteiger partial charge on any atom is 0.418 e. The van der Waals surface area contributed by atoms with Gasteiger partial charge in [-0.2, -0.15) is 17.5 Å². The molecule has 1 amide bonds. The van der Waals surface area contributed by atoms with Crippen LogP contribution in [0.25, 0.3) is 0 Å². The molecule has 0 unspecified atom stereocenters. The first-order chi connectivity index (χ1) is 13.7. The second kappa shape index (κ2) is 8.54. The summed E-state index contributed by atoms with van der Waals surface area (Å²) in [7, 11) is -3.77. The van der Waals surface area contributed by atoms with Crippen molar-refractivity contribution >= 4 is 21.6 Å². The molecule has 1 aliphatic heterocycles. The van der Waals surface area contributed by atoms with Gasteiger partial charge in [0.1, 0.15) is 0 Å². The fourth-order valence-corrected chi connectivity index (χ4v) is 4.83. The van der Waals surface area contributed by atoms with Crippen LogP contribution in [0.4, 0.5) is 18.9 Å². The maximum atomic E-state index is 13.1. The monoisotopic (exact) mass is 426 g/mol. The fraction of sp³-hybridized carbons (Fsp3) is 0.350. The maximum absolute atomic E-state index is 13.1. The van der Waals surface area contributed by atoms with Crippen molar-refractivity contribution in [2.45, 2.75) is 36.8 Å². The van der Waals surface area contributed by atoms with Crippen LogP contribution in [0.3, 0.4) is 0 Å². The first kappa shape index (κ1) is 21.3. The van der Waals surface area contributed by atoms with Crippen LogP contribution in [0.5, 0.6) is 0 Å². The predicted octanol–water partition coefficient (Wildman–Crippen LogP) is 4.52. The highest BCUT2D eigenvalue weighted by Gasteiger charge is 2.33. The number of hydrogen-bond acceptors (Lipinski definition) is 3. The Balaban J connectivity index is 1.85. The number of nitrogens with zero attached hydrogens (tertiary/aromatic N) is 1. The molecule has 0 saturated carbocycles. The lowest BCUT2D eigenvalue weighted by atomic mass is 10.1. The van der Waals surface area contributed by atoms with Crippen LogP contribution in [-0.4, -0.2) is 31.7 Å². The Morgan fingerprint density at radius 2 is 1.59 bits per heavy atom. The van der Waals surface area contributed by atoms with Gasteiger partial charge in [-0.25, -0.2) is 8.42 Å². The van der Waals surface area contributed by atoms with Gasteiger partial charge < -0.3 is 5.32 Å². The topological polar surface area (TPSA) is 66.5 Å². The molecule has 1 N–H and O–H groups in total. The van der Waals surface area contributed by atoms with Crippen molar-refractivity contribution in [2.75, 3.05) is 18.4 Å². The van der Waals surface area contributed by atoms with Crippen molar-refractivity contribution < 1.29 is 26.4 Å². The van der Waals surface area contributed by atoms with Crippen molar-refractivity contribution in [3.8, 4) is 0 Å². The van der Waals surface area contributed by atoms with Crippen LogP contribution in [0.15, 0.2) is 53.4 Å². The summed E-state index contributed by atoms with van der Waals surface area (Å²) in [6.07, 6.45) is -1.15. The van der Waals surface area contributed by atoms with Crippen molar-refractivity contribution in [1.82, 2.24) is 4.31 Å². The Bertz CT molecular complexity index is 982. The van der Waals surface area contributed by atoms with E-state index in [1.807, 2.05) is 0 Å². The summed E-state index contributed by atoms with van der Waals surface area (Å²) in [5.41, 5.74) is -1.38. The summed E-state index contributed by atoms with van der Waals surface area (Å²) in [6, 6.07) is 10.0. The quantitative estimate of drug-likeness (QED) is 0.782. The first-order valence-electron chi connectivity index (χ1n) is 9.27. The molecule has 0 bridgehead atoms. The zero-order valence-electron chi connectivity index (χ0n) is 15.6. The highest BCUT2D eigenvalue weighted by atomic mass is 32.2. The van der Waals surface area contributed by atoms with Crippen LogP contribution < -0.4 is 5.32 Å². The highest BCUT2D eigenvalue weighted by Crippen LogP contribution is 2.34. The Morgan fingerprint density at radius 3 is 2.24 bits per heavy atom. The zero-order valence-corrected chi connectivity index (χ0v) is 16.4. The van der Waals surface area contributed by atoms with Crippen LogP contribution in [0.2, 0.25) is 0 Å². The molecule has 3 rings (SSSR count). The molecule has 29 heavy (non-hydrogen) atoms. The Kier molecular flexibility index (Phi) is 6.28. The van der Waals surface area contributed by atoms with E-state index in [0.29, 0.717) is 13.1 Å². The molecular formula is C20H21F3N2O3S. The molecule has 2 aromatic carbocycles. The molecule has 1 heterocycles. The van der Waals surface area contributed by atoms with Crippen molar-refractivity contribution in [2.24, 2.45) is 0 Å². The number of alkyl halides is 3. The van der Waals surface area contributed by atoms with E-state index in [1.54, 1.807) is 0 Å². The lowest BCUT2D eigenvalue weighted by Crippen LogP contribution is -2.32. The smallest absolute Gasteiger partial charge is 0.321 e. The van der Waals surface area contributed by atoms with Gasteiger partial charge >= 0.3 is 6.18 Å². The second-order valence-electron chi connectivity index (χ2n) is 6.84. The van der Waals surface area contributed by atoms with E-state index in [0.717, 1.165) is 37.8 Å². The average molecular weight is 426 g/mol. The number of benzene rings is 2. The van der Waals surface area contributed by atoms with Gasteiger partial charge in [0.25, 0.3) is 5.91 Å². The molecule has 0 radical (unpaired) electrons. The number of carbonyl (C=O) groups is 1. The average Bonchev–Trinajstić information content (AvgIpc) is 2.98. The molecule has 156 valence electrons. The first-order valence-corrected chi connectivity index (χ1v) is 10.7. The van der Waals surface area contributed by atoms with Crippen molar-refractivity contribution in [3.05, 3.63) is 59.7 Å². The standard InChI is InChI=1S/C20H21F3N2O3S/c21-20(22,23)17-10-3-4-11-18(17)24-19(26)15-8-7-9-16(14-15)29(27,28)25-12-5-1-2-6-13-25/h3-4,7-11,14H,1-2,5-6,12-13H2,(H,24,26). The zero-order chi connectivity index (χ0) is 21.1. The second-order valence-corrected chi connectivity index (χ2v) is 8.78. The summed E-state index contributed by atoms with van der Waals surface area (Å²) < 4.78 is 66.6. The molecule has 5 nitrogen and oxygen atoms in total. The molecule has 1 saturated heterocycles. The summed E-state index contributed by atoms with van der Waals surface area (Å²) in [5, 5.41) is 2.23. The van der Waals surface area contributed by atoms with Gasteiger partial charge in [0.15, 0.2) is 0 Å². The molecule has 2 aromatic rings. The fourth-order valence-electron chi connectivity index (χ4n) is 3.26. The number of anilines is 1. The van der Waals surface area contributed by atoms with Crippen LogP contribution in [0, 0.1) is 0 Å². The van der Waals surface area contributed by atoms with E-state index in [2.05, 4.69) is 5.32 Å². The number of rotatable bonds is 4. The molecular weight excluding hydrogens is 405 g/mol. The van der Waals surface area contributed by atoms with E-state index in [1.165, 1.54) is 40.7 Å². The molecule has 1 aliphatic rings. The third kappa shape index (κ3) is 4.97. The number of amides is 1. The van der Waals surface area contributed by atoms with Gasteiger partial charge in [0.2, 0.25) is 10.0 Å². The number of halogens is 3. The largest absolute Gasteiger partial charge is 0.418 e. The molecule has 9 heteroatoms. The van der Waals surface area contributed by atoms with E-state index in [-0.39, 0.29) is 16.1 Å². The van der Waals surface area contributed by atoms with E-state index >= 15 is 0 Å². The Morgan fingerprint density at radius 1 is 0.931 bits per heavy atom. The molecule has 0 spiro atoms. The number of para-hydroxylation sites is 1. The third-order valence-electron chi connectivity index (χ3n) is 4.78. The SMILES string of the molecule is O=C(Nc1ccccc1C(F)(F)F)c1cccc(S(=O)(=O)N2CCCCCC2)c1. The minimum atomic E-state index is -4.62. The van der Waals surface area contributed by atoms with Gasteiger partial charge in [-0.15, -0.1) is 0 Å². The van der Waals surface area contributed by atoms with Crippen LogP contribution >= 0.6 is 0 Å². The molecule has 0 aromatic heterocycles. The number of sulfonamides is 1. The normalized spacial score (nSPS) is 16.2. The van der Waals surface area contributed by atoms with E-state index in [9.17, 15) is 26.4 Å². The highest BCUT2D eigenvalue weighted by molar-refractivity contribution is 7.89. The third-order valence-corrected chi connectivity index (χ3v) is 6.67. The lowest BCUT2D eigenvalue weighted by Gasteiger charge is -2.20. The van der Waals surface area contributed by atoms with Gasteiger partial charge in [0, 0.05) is 18.7 Å². The summed E-state index contributed by atoms with van der Waals surface area (Å²) in [4.78, 5) is 12.5. The number of hydrogen-bond donors (Lipinski definition) is 1. The van der Waals surface area contributed by atoms with Gasteiger partial charge in [-0.05, 0) is 43.2 Å². The number of carbonyl (C=O) groups excluding carboxylic acids is 1. The van der Waals surface area contributed by atoms with Gasteiger partial charge in [-0.1, -0.05) is 31.0 Å². The predicted molar refractivity (Wildman–Crippen MR) is 103 cm³/mol. The summed E-state index contributed by atoms with van der Waals surface area (Å²) in [5.74, 6) is -0.811.